The molecule has 0 spiro atoms. The molecule has 15 heavy (non-hydrogen) atoms. The maximum Gasteiger partial charge on any atom is 0.333 e. The molecule has 1 unspecified atom stereocenters. The quantitative estimate of drug-likeness (QED) is 0.888. The number of hydrogen-bond donors (Lipinski definition) is 1. The monoisotopic (exact) mass is 246 g/mol. The number of carbonyl (C=O) groups is 1. The Labute approximate surface area is 96.6 Å². The lowest BCUT2D eigenvalue weighted by Gasteiger charge is -2.20. The van der Waals surface area contributed by atoms with Gasteiger partial charge in [-0.2, -0.15) is 0 Å². The lowest BCUT2D eigenvalue weighted by atomic mass is 9.97. The second-order valence-electron chi connectivity index (χ2n) is 3.74. The lowest BCUT2D eigenvalue weighted by molar-refractivity contribution is -0.150. The van der Waals surface area contributed by atoms with Crippen molar-refractivity contribution in [1.29, 1.82) is 0 Å². The molecule has 1 aliphatic carbocycles. The smallest absolute Gasteiger partial charge is 0.333 e. The number of thiophene rings is 1. The van der Waals surface area contributed by atoms with E-state index in [1.54, 1.807) is 0 Å². The lowest BCUT2D eigenvalue weighted by Crippen LogP contribution is -2.35. The highest BCUT2D eigenvalue weighted by Gasteiger charge is 2.55. The fourth-order valence-corrected chi connectivity index (χ4v) is 3.27. The van der Waals surface area contributed by atoms with Crippen molar-refractivity contribution in [1.82, 2.24) is 0 Å². The Morgan fingerprint density at radius 3 is 2.73 bits per heavy atom. The molecule has 0 saturated heterocycles. The highest BCUT2D eigenvalue weighted by molar-refractivity contribution is 7.10. The SMILES string of the molecule is COC(C(=O)O)C1(c2cc(Cl)cs2)CC1. The van der Waals surface area contributed by atoms with Gasteiger partial charge >= 0.3 is 5.97 Å². The van der Waals surface area contributed by atoms with Gasteiger partial charge in [-0.25, -0.2) is 4.79 Å². The molecule has 1 fully saturated rings. The molecule has 0 amide bonds. The minimum atomic E-state index is -0.903. The summed E-state index contributed by atoms with van der Waals surface area (Å²) >= 11 is 7.35. The average molecular weight is 247 g/mol. The number of ether oxygens (including phenoxy) is 1. The third kappa shape index (κ3) is 1.77. The molecule has 1 N–H and O–H groups in total. The van der Waals surface area contributed by atoms with E-state index >= 15 is 0 Å². The van der Waals surface area contributed by atoms with Gasteiger partial charge in [-0.15, -0.1) is 11.3 Å². The van der Waals surface area contributed by atoms with Crippen LogP contribution in [0.1, 0.15) is 17.7 Å². The molecule has 1 atom stereocenters. The normalized spacial score (nSPS) is 19.9. The molecule has 1 aliphatic rings. The number of rotatable bonds is 4. The number of halogens is 1. The Balaban J connectivity index is 2.30. The largest absolute Gasteiger partial charge is 0.479 e. The van der Waals surface area contributed by atoms with Crippen LogP contribution < -0.4 is 0 Å². The number of aliphatic carboxylic acids is 1. The van der Waals surface area contributed by atoms with Crippen molar-refractivity contribution in [3.8, 4) is 0 Å². The number of hydrogen-bond acceptors (Lipinski definition) is 3. The van der Waals surface area contributed by atoms with E-state index in [0.29, 0.717) is 5.02 Å². The van der Waals surface area contributed by atoms with Gasteiger partial charge in [0.15, 0.2) is 6.10 Å². The van der Waals surface area contributed by atoms with E-state index in [0.717, 1.165) is 17.7 Å². The maximum absolute atomic E-state index is 11.0. The van der Waals surface area contributed by atoms with Crippen LogP contribution in [0.4, 0.5) is 0 Å². The summed E-state index contributed by atoms with van der Waals surface area (Å²) < 4.78 is 5.07. The molecule has 2 rings (SSSR count). The summed E-state index contributed by atoms with van der Waals surface area (Å²) in [4.78, 5) is 12.1. The summed E-state index contributed by atoms with van der Waals surface area (Å²) in [6, 6.07) is 1.84. The third-order valence-electron chi connectivity index (χ3n) is 2.81. The minimum Gasteiger partial charge on any atom is -0.479 e. The van der Waals surface area contributed by atoms with Crippen molar-refractivity contribution in [3.05, 3.63) is 21.3 Å². The van der Waals surface area contributed by atoms with Crippen molar-refractivity contribution < 1.29 is 14.6 Å². The second kappa shape index (κ2) is 3.77. The molecule has 1 aromatic rings. The fraction of sp³-hybridized carbons (Fsp3) is 0.500. The highest BCUT2D eigenvalue weighted by atomic mass is 35.5. The maximum atomic E-state index is 11.0. The fourth-order valence-electron chi connectivity index (χ4n) is 1.91. The van der Waals surface area contributed by atoms with Crippen molar-refractivity contribution >= 4 is 28.9 Å². The summed E-state index contributed by atoms with van der Waals surface area (Å²) in [6.07, 6.45) is 0.954. The first-order valence-corrected chi connectivity index (χ1v) is 5.86. The van der Waals surface area contributed by atoms with Crippen LogP contribution in [0.2, 0.25) is 5.02 Å². The van der Waals surface area contributed by atoms with E-state index in [4.69, 9.17) is 21.4 Å². The van der Waals surface area contributed by atoms with E-state index in [1.165, 1.54) is 18.4 Å². The first kappa shape index (κ1) is 10.9. The van der Waals surface area contributed by atoms with Gasteiger partial charge in [-0.05, 0) is 18.9 Å². The van der Waals surface area contributed by atoms with Crippen molar-refractivity contribution in [3.63, 3.8) is 0 Å². The second-order valence-corrected chi connectivity index (χ2v) is 5.09. The van der Waals surface area contributed by atoms with E-state index < -0.39 is 12.1 Å². The zero-order chi connectivity index (χ0) is 11.1. The van der Waals surface area contributed by atoms with Crippen LogP contribution in [-0.2, 0) is 14.9 Å². The van der Waals surface area contributed by atoms with Crippen molar-refractivity contribution in [2.45, 2.75) is 24.4 Å². The van der Waals surface area contributed by atoms with Gasteiger partial charge in [0.25, 0.3) is 0 Å². The van der Waals surface area contributed by atoms with Crippen molar-refractivity contribution in [2.24, 2.45) is 0 Å². The molecule has 1 saturated carbocycles. The van der Waals surface area contributed by atoms with Gasteiger partial charge in [0, 0.05) is 22.8 Å². The third-order valence-corrected chi connectivity index (χ3v) is 4.31. The van der Waals surface area contributed by atoms with Crippen LogP contribution in [-0.4, -0.2) is 24.3 Å². The average Bonchev–Trinajstić information content (AvgIpc) is 2.83. The van der Waals surface area contributed by atoms with Gasteiger partial charge in [0.2, 0.25) is 0 Å². The van der Waals surface area contributed by atoms with Crippen LogP contribution >= 0.6 is 22.9 Å². The van der Waals surface area contributed by atoms with Crippen LogP contribution in [0.15, 0.2) is 11.4 Å². The standard InChI is InChI=1S/C10H11ClO3S/c1-14-8(9(12)13)10(2-3-10)7-4-6(11)5-15-7/h4-5,8H,2-3H2,1H3,(H,12,13). The van der Waals surface area contributed by atoms with Gasteiger partial charge in [-0.1, -0.05) is 11.6 Å². The van der Waals surface area contributed by atoms with Gasteiger partial charge in [0.1, 0.15) is 0 Å². The zero-order valence-electron chi connectivity index (χ0n) is 8.20. The van der Waals surface area contributed by atoms with Crippen molar-refractivity contribution in [2.75, 3.05) is 7.11 Å². The molecule has 0 radical (unpaired) electrons. The van der Waals surface area contributed by atoms with Gasteiger partial charge < -0.3 is 9.84 Å². The summed E-state index contributed by atoms with van der Waals surface area (Å²) in [5.41, 5.74) is -0.335. The van der Waals surface area contributed by atoms with E-state index in [1.807, 2.05) is 11.4 Å². The zero-order valence-corrected chi connectivity index (χ0v) is 9.77. The first-order chi connectivity index (χ1) is 7.10. The summed E-state index contributed by atoms with van der Waals surface area (Å²) in [7, 11) is 1.44. The molecule has 0 aromatic carbocycles. The van der Waals surface area contributed by atoms with Gasteiger partial charge in [0.05, 0.1) is 5.02 Å². The molecule has 3 nitrogen and oxygen atoms in total. The Bertz CT molecular complexity index is 384. The predicted molar refractivity (Wildman–Crippen MR) is 58.7 cm³/mol. The predicted octanol–water partition coefficient (Wildman–Crippen LogP) is 2.53. The Kier molecular flexibility index (Phi) is 2.75. The number of carboxylic acid groups (broad SMARTS) is 1. The highest BCUT2D eigenvalue weighted by Crippen LogP contribution is 2.54. The molecule has 1 heterocycles. The molecular formula is C10H11ClO3S. The molecule has 1 aromatic heterocycles. The van der Waals surface area contributed by atoms with Crippen LogP contribution in [0.25, 0.3) is 0 Å². The summed E-state index contributed by atoms with van der Waals surface area (Å²) in [5, 5.41) is 11.6. The Morgan fingerprint density at radius 1 is 1.73 bits per heavy atom. The first-order valence-electron chi connectivity index (χ1n) is 4.60. The topological polar surface area (TPSA) is 46.5 Å². The minimum absolute atomic E-state index is 0.335. The number of methoxy groups -OCH3 is 1. The molecule has 82 valence electrons. The number of carboxylic acids is 1. The molecular weight excluding hydrogens is 236 g/mol. The van der Waals surface area contributed by atoms with E-state index in [2.05, 4.69) is 0 Å². The van der Waals surface area contributed by atoms with E-state index in [-0.39, 0.29) is 5.41 Å². The van der Waals surface area contributed by atoms with Crippen LogP contribution in [0.5, 0.6) is 0 Å². The molecule has 5 heteroatoms. The molecule has 0 bridgehead atoms. The Morgan fingerprint density at radius 2 is 2.40 bits per heavy atom. The van der Waals surface area contributed by atoms with Gasteiger partial charge in [-0.3, -0.25) is 0 Å². The van der Waals surface area contributed by atoms with Crippen LogP contribution in [0, 0.1) is 0 Å². The molecule has 0 aliphatic heterocycles. The summed E-state index contributed by atoms with van der Waals surface area (Å²) in [6.45, 7) is 0. The Hall–Kier alpha value is -0.580. The van der Waals surface area contributed by atoms with E-state index in [9.17, 15) is 4.79 Å². The summed E-state index contributed by atoms with van der Waals surface area (Å²) in [5.74, 6) is -0.903. The van der Waals surface area contributed by atoms with Crippen LogP contribution in [0.3, 0.4) is 0 Å².